The minimum Gasteiger partial charge on any atom is -0.481 e. The first-order chi connectivity index (χ1) is 9.18. The molecule has 0 saturated heterocycles. The summed E-state index contributed by atoms with van der Waals surface area (Å²) in [7, 11) is 0. The molecule has 106 valence electrons. The number of rotatable bonds is 9. The summed E-state index contributed by atoms with van der Waals surface area (Å²) in [6, 6.07) is -0.252. The molecule has 0 bridgehead atoms. The number of carbonyl (C=O) groups is 2. The average Bonchev–Trinajstić information content (AvgIpc) is 2.86. The number of hydrogen-bond donors (Lipinski definition) is 3. The van der Waals surface area contributed by atoms with E-state index in [1.54, 1.807) is 0 Å². The Hall–Kier alpha value is -2.12. The minimum atomic E-state index is -0.785. The van der Waals surface area contributed by atoms with Crippen LogP contribution < -0.4 is 10.6 Å². The number of carboxylic acid groups (broad SMARTS) is 1. The normalized spacial score (nSPS) is 10.1. The molecule has 0 aromatic carbocycles. The molecule has 1 heterocycles. The first-order valence-electron chi connectivity index (χ1n) is 6.17. The molecule has 0 aliphatic heterocycles. The Morgan fingerprint density at radius 2 is 2.00 bits per heavy atom. The van der Waals surface area contributed by atoms with Crippen LogP contribution in [0.3, 0.4) is 0 Å². The molecular formula is C11H18N4O4. The van der Waals surface area contributed by atoms with Gasteiger partial charge >= 0.3 is 12.0 Å². The Balaban J connectivity index is 1.92. The van der Waals surface area contributed by atoms with E-state index in [4.69, 9.17) is 9.63 Å². The lowest BCUT2D eigenvalue weighted by atomic mass is 10.2. The lowest BCUT2D eigenvalue weighted by molar-refractivity contribution is -0.137. The maximum atomic E-state index is 11.3. The molecule has 0 unspecified atom stereocenters. The van der Waals surface area contributed by atoms with Crippen molar-refractivity contribution in [3.63, 3.8) is 0 Å². The second kappa shape index (κ2) is 8.90. The minimum absolute atomic E-state index is 0.177. The van der Waals surface area contributed by atoms with E-state index in [1.807, 2.05) is 0 Å². The Morgan fingerprint density at radius 1 is 1.21 bits per heavy atom. The highest BCUT2D eigenvalue weighted by Crippen LogP contribution is 1.98. The standard InChI is InChI=1S/C11H18N4O4/c16-10(17)4-2-1-3-6-12-11(18)13-7-5-9-14-8-15-19-9/h8H,1-7H2,(H,16,17)(H2,12,13,18). The zero-order chi connectivity index (χ0) is 13.9. The number of amides is 2. The van der Waals surface area contributed by atoms with Crippen molar-refractivity contribution in [1.82, 2.24) is 20.8 Å². The molecule has 3 N–H and O–H groups in total. The van der Waals surface area contributed by atoms with E-state index in [9.17, 15) is 9.59 Å². The number of aliphatic carboxylic acids is 1. The number of urea groups is 1. The van der Waals surface area contributed by atoms with Gasteiger partial charge in [0.1, 0.15) is 0 Å². The quantitative estimate of drug-likeness (QED) is 0.564. The largest absolute Gasteiger partial charge is 0.481 e. The van der Waals surface area contributed by atoms with Crippen molar-refractivity contribution in [1.29, 1.82) is 0 Å². The maximum Gasteiger partial charge on any atom is 0.314 e. The Morgan fingerprint density at radius 3 is 2.68 bits per heavy atom. The summed E-state index contributed by atoms with van der Waals surface area (Å²) >= 11 is 0. The highest BCUT2D eigenvalue weighted by Gasteiger charge is 2.02. The predicted octanol–water partition coefficient (Wildman–Crippen LogP) is 0.556. The third-order valence-corrected chi connectivity index (χ3v) is 2.38. The van der Waals surface area contributed by atoms with E-state index >= 15 is 0 Å². The van der Waals surface area contributed by atoms with Crippen LogP contribution in [0.4, 0.5) is 4.79 Å². The summed E-state index contributed by atoms with van der Waals surface area (Å²) in [5.41, 5.74) is 0. The smallest absolute Gasteiger partial charge is 0.314 e. The molecule has 0 aliphatic carbocycles. The molecule has 0 spiro atoms. The Bertz CT molecular complexity index is 380. The fraction of sp³-hybridized carbons (Fsp3) is 0.636. The van der Waals surface area contributed by atoms with E-state index < -0.39 is 5.97 Å². The zero-order valence-electron chi connectivity index (χ0n) is 10.6. The fourth-order valence-electron chi connectivity index (χ4n) is 1.43. The summed E-state index contributed by atoms with van der Waals surface area (Å²) in [6.45, 7) is 0.957. The van der Waals surface area contributed by atoms with Crippen LogP contribution in [0, 0.1) is 0 Å². The van der Waals surface area contributed by atoms with Gasteiger partial charge in [0.15, 0.2) is 6.33 Å². The van der Waals surface area contributed by atoms with E-state index in [-0.39, 0.29) is 12.5 Å². The molecule has 8 nitrogen and oxygen atoms in total. The molecule has 0 atom stereocenters. The Labute approximate surface area is 110 Å². The number of nitrogens with zero attached hydrogens (tertiary/aromatic N) is 2. The summed E-state index contributed by atoms with van der Waals surface area (Å²) in [6.07, 6.45) is 4.17. The van der Waals surface area contributed by atoms with Crippen molar-refractivity contribution in [2.24, 2.45) is 0 Å². The summed E-state index contributed by atoms with van der Waals surface area (Å²) in [5.74, 6) is -0.305. The molecule has 0 saturated carbocycles. The summed E-state index contributed by atoms with van der Waals surface area (Å²) < 4.78 is 4.78. The van der Waals surface area contributed by atoms with Crippen LogP contribution in [0.25, 0.3) is 0 Å². The van der Waals surface area contributed by atoms with Gasteiger partial charge in [-0.05, 0) is 12.8 Å². The van der Waals surface area contributed by atoms with Crippen molar-refractivity contribution in [2.45, 2.75) is 32.1 Å². The van der Waals surface area contributed by atoms with Crippen LogP contribution in [-0.2, 0) is 11.2 Å². The van der Waals surface area contributed by atoms with Gasteiger partial charge < -0.3 is 20.3 Å². The second-order valence-corrected chi connectivity index (χ2v) is 3.97. The van der Waals surface area contributed by atoms with Gasteiger partial charge in [0.2, 0.25) is 5.89 Å². The SMILES string of the molecule is O=C(O)CCCCCNC(=O)NCCc1ncno1. The van der Waals surface area contributed by atoms with Gasteiger partial charge in [-0.2, -0.15) is 4.98 Å². The van der Waals surface area contributed by atoms with Crippen molar-refractivity contribution >= 4 is 12.0 Å². The van der Waals surface area contributed by atoms with Gasteiger partial charge in [-0.1, -0.05) is 11.6 Å². The number of carboxylic acids is 1. The molecular weight excluding hydrogens is 252 g/mol. The van der Waals surface area contributed by atoms with Crippen LogP contribution >= 0.6 is 0 Å². The van der Waals surface area contributed by atoms with E-state index in [0.29, 0.717) is 31.8 Å². The maximum absolute atomic E-state index is 11.3. The fourth-order valence-corrected chi connectivity index (χ4v) is 1.43. The Kier molecular flexibility index (Phi) is 7.00. The molecule has 0 fully saturated rings. The third kappa shape index (κ3) is 7.74. The van der Waals surface area contributed by atoms with Crippen LogP contribution in [0.5, 0.6) is 0 Å². The molecule has 0 aliphatic rings. The summed E-state index contributed by atoms with van der Waals surface area (Å²) in [4.78, 5) is 25.4. The van der Waals surface area contributed by atoms with Gasteiger partial charge in [-0.15, -0.1) is 0 Å². The average molecular weight is 270 g/mol. The molecule has 0 radical (unpaired) electrons. The van der Waals surface area contributed by atoms with E-state index in [1.165, 1.54) is 6.33 Å². The van der Waals surface area contributed by atoms with Crippen LogP contribution in [0.1, 0.15) is 31.6 Å². The topological polar surface area (TPSA) is 117 Å². The van der Waals surface area contributed by atoms with Crippen molar-refractivity contribution in [3.05, 3.63) is 12.2 Å². The van der Waals surface area contributed by atoms with Crippen molar-refractivity contribution in [3.8, 4) is 0 Å². The molecule has 8 heteroatoms. The summed E-state index contributed by atoms with van der Waals surface area (Å²) in [5, 5.41) is 17.2. The monoisotopic (exact) mass is 270 g/mol. The van der Waals surface area contributed by atoms with E-state index in [2.05, 4.69) is 20.8 Å². The number of aromatic nitrogens is 2. The van der Waals surface area contributed by atoms with Gasteiger partial charge in [0, 0.05) is 25.9 Å². The van der Waals surface area contributed by atoms with Crippen LogP contribution in [0.15, 0.2) is 10.9 Å². The second-order valence-electron chi connectivity index (χ2n) is 3.97. The van der Waals surface area contributed by atoms with Gasteiger partial charge in [-0.3, -0.25) is 4.79 Å². The highest BCUT2D eigenvalue weighted by atomic mass is 16.5. The van der Waals surface area contributed by atoms with E-state index in [0.717, 1.165) is 12.8 Å². The van der Waals surface area contributed by atoms with Gasteiger partial charge in [0.25, 0.3) is 0 Å². The lowest BCUT2D eigenvalue weighted by Gasteiger charge is -2.06. The molecule has 2 amide bonds. The zero-order valence-corrected chi connectivity index (χ0v) is 10.6. The molecule has 19 heavy (non-hydrogen) atoms. The van der Waals surface area contributed by atoms with Crippen LogP contribution in [-0.4, -0.2) is 40.3 Å². The first-order valence-corrected chi connectivity index (χ1v) is 6.17. The van der Waals surface area contributed by atoms with Gasteiger partial charge in [-0.25, -0.2) is 4.79 Å². The third-order valence-electron chi connectivity index (χ3n) is 2.38. The molecule has 1 rings (SSSR count). The number of carbonyl (C=O) groups excluding carboxylic acids is 1. The molecule has 1 aromatic heterocycles. The highest BCUT2D eigenvalue weighted by molar-refractivity contribution is 5.73. The lowest BCUT2D eigenvalue weighted by Crippen LogP contribution is -2.37. The van der Waals surface area contributed by atoms with Crippen molar-refractivity contribution < 1.29 is 19.2 Å². The number of unbranched alkanes of at least 4 members (excludes halogenated alkanes) is 2. The predicted molar refractivity (Wildman–Crippen MR) is 65.5 cm³/mol. The van der Waals surface area contributed by atoms with Gasteiger partial charge in [0.05, 0.1) is 0 Å². The first kappa shape index (κ1) is 14.9. The van der Waals surface area contributed by atoms with Crippen molar-refractivity contribution in [2.75, 3.05) is 13.1 Å². The van der Waals surface area contributed by atoms with Crippen LogP contribution in [0.2, 0.25) is 0 Å². The number of hydrogen-bond acceptors (Lipinski definition) is 5. The molecule has 1 aromatic rings. The number of nitrogens with one attached hydrogen (secondary N) is 2.